The van der Waals surface area contributed by atoms with Gasteiger partial charge in [-0.1, -0.05) is 0 Å². The van der Waals surface area contributed by atoms with Gasteiger partial charge in [0, 0.05) is 45.0 Å². The van der Waals surface area contributed by atoms with E-state index < -0.39 is 14.6 Å². The molecule has 0 amide bonds. The summed E-state index contributed by atoms with van der Waals surface area (Å²) in [6.07, 6.45) is 3.34. The van der Waals surface area contributed by atoms with E-state index >= 15 is 0 Å². The molecule has 26 heavy (non-hydrogen) atoms. The second-order valence-corrected chi connectivity index (χ2v) is 11.0. The maximum Gasteiger partial charge on any atom is 0.189 e. The van der Waals surface area contributed by atoms with Crippen LogP contribution in [0.25, 0.3) is 5.65 Å². The highest BCUT2D eigenvalue weighted by Gasteiger charge is 2.40. The Bertz CT molecular complexity index is 902. The summed E-state index contributed by atoms with van der Waals surface area (Å²) in [5.74, 6) is 0.339. The molecule has 2 aromatic heterocycles. The minimum Gasteiger partial charge on any atom is -0.495 e. The Morgan fingerprint density at radius 2 is 1.92 bits per heavy atom. The molecular weight excluding hydrogens is 467 g/mol. The van der Waals surface area contributed by atoms with Crippen molar-refractivity contribution in [2.75, 3.05) is 46.9 Å². The van der Waals surface area contributed by atoms with Crippen molar-refractivity contribution < 1.29 is 13.2 Å². The van der Waals surface area contributed by atoms with Crippen LogP contribution in [0, 0.1) is 3.70 Å². The molecule has 3 heterocycles. The Kier molecular flexibility index (Phi) is 5.53. The number of halogens is 1. The zero-order chi connectivity index (χ0) is 19.1. The molecule has 0 aliphatic carbocycles. The van der Waals surface area contributed by atoms with Gasteiger partial charge in [0.15, 0.2) is 9.84 Å². The highest BCUT2D eigenvalue weighted by atomic mass is 127. The standard InChI is InChI=1S/C17H25IN4O3S/c1-17(2,12-21-7-5-20(3)6-8-21)26(23,24)14-11-22-15(18)10-19-16(22)9-13(14)25-4/h9-11H,5-8,12H2,1-4H3. The molecule has 1 saturated heterocycles. The van der Waals surface area contributed by atoms with Gasteiger partial charge in [-0.3, -0.25) is 9.30 Å². The SMILES string of the molecule is COc1cc2ncc(I)n2cc1S(=O)(=O)C(C)(C)CN1CCN(C)CC1. The molecule has 2 aromatic rings. The van der Waals surface area contributed by atoms with Crippen LogP contribution in [0.1, 0.15) is 13.8 Å². The molecule has 0 spiro atoms. The first-order valence-electron chi connectivity index (χ1n) is 8.52. The van der Waals surface area contributed by atoms with Crippen molar-refractivity contribution in [3.05, 3.63) is 22.2 Å². The minimum absolute atomic E-state index is 0.211. The number of methoxy groups -OCH3 is 1. The summed E-state index contributed by atoms with van der Waals surface area (Å²) >= 11 is 2.14. The molecule has 0 bridgehead atoms. The Balaban J connectivity index is 1.97. The molecule has 0 aromatic carbocycles. The van der Waals surface area contributed by atoms with E-state index in [9.17, 15) is 8.42 Å². The number of aromatic nitrogens is 2. The van der Waals surface area contributed by atoms with Gasteiger partial charge in [0.1, 0.15) is 20.0 Å². The maximum atomic E-state index is 13.5. The zero-order valence-electron chi connectivity index (χ0n) is 15.6. The van der Waals surface area contributed by atoms with Crippen molar-refractivity contribution in [2.45, 2.75) is 23.5 Å². The van der Waals surface area contributed by atoms with Gasteiger partial charge in [0.25, 0.3) is 0 Å². The quantitative estimate of drug-likeness (QED) is 0.593. The van der Waals surface area contributed by atoms with E-state index in [1.54, 1.807) is 36.7 Å². The summed E-state index contributed by atoms with van der Waals surface area (Å²) in [5, 5.41) is 0. The normalized spacial score (nSPS) is 17.7. The number of pyridine rings is 1. The number of ether oxygens (including phenoxy) is 1. The van der Waals surface area contributed by atoms with Crippen molar-refractivity contribution in [3.63, 3.8) is 0 Å². The van der Waals surface area contributed by atoms with Gasteiger partial charge in [-0.25, -0.2) is 13.4 Å². The molecule has 0 N–H and O–H groups in total. The fourth-order valence-electron chi connectivity index (χ4n) is 3.25. The molecule has 7 nitrogen and oxygen atoms in total. The molecular formula is C17H25IN4O3S. The van der Waals surface area contributed by atoms with Crippen LogP contribution in [0.2, 0.25) is 0 Å². The number of sulfone groups is 1. The smallest absolute Gasteiger partial charge is 0.189 e. The van der Waals surface area contributed by atoms with Crippen LogP contribution >= 0.6 is 22.6 Å². The number of likely N-dealkylation sites (N-methyl/N-ethyl adjacent to an activating group) is 1. The number of fused-ring (bicyclic) bond motifs is 1. The van der Waals surface area contributed by atoms with Gasteiger partial charge in [-0.15, -0.1) is 0 Å². The molecule has 1 aliphatic heterocycles. The summed E-state index contributed by atoms with van der Waals surface area (Å²) in [6.45, 7) is 7.76. The molecule has 0 unspecified atom stereocenters. The first kappa shape index (κ1) is 19.8. The van der Waals surface area contributed by atoms with Crippen molar-refractivity contribution in [1.82, 2.24) is 19.2 Å². The van der Waals surface area contributed by atoms with Crippen LogP contribution in [0.3, 0.4) is 0 Å². The predicted octanol–water partition coefficient (Wildman–Crippen LogP) is 1.75. The van der Waals surface area contributed by atoms with Crippen LogP contribution in [0.5, 0.6) is 5.75 Å². The maximum absolute atomic E-state index is 13.5. The van der Waals surface area contributed by atoms with Gasteiger partial charge >= 0.3 is 0 Å². The highest BCUT2D eigenvalue weighted by molar-refractivity contribution is 14.1. The highest BCUT2D eigenvalue weighted by Crippen LogP contribution is 2.34. The Morgan fingerprint density at radius 3 is 2.54 bits per heavy atom. The van der Waals surface area contributed by atoms with Crippen LogP contribution in [-0.2, 0) is 9.84 Å². The number of hydrogen-bond acceptors (Lipinski definition) is 6. The van der Waals surface area contributed by atoms with Crippen LogP contribution in [-0.4, -0.2) is 79.2 Å². The molecule has 0 radical (unpaired) electrons. The summed E-state index contributed by atoms with van der Waals surface area (Å²) in [4.78, 5) is 8.98. The zero-order valence-corrected chi connectivity index (χ0v) is 18.5. The number of hydrogen-bond donors (Lipinski definition) is 0. The summed E-state index contributed by atoms with van der Waals surface area (Å²) in [5.41, 5.74) is 0.669. The van der Waals surface area contributed by atoms with E-state index in [0.717, 1.165) is 29.9 Å². The summed E-state index contributed by atoms with van der Waals surface area (Å²) in [7, 11) is -0.0309. The van der Waals surface area contributed by atoms with Crippen LogP contribution in [0.4, 0.5) is 0 Å². The van der Waals surface area contributed by atoms with Gasteiger partial charge in [-0.05, 0) is 43.5 Å². The Hall–Kier alpha value is -0.910. The predicted molar refractivity (Wildman–Crippen MR) is 110 cm³/mol. The fourth-order valence-corrected chi connectivity index (χ4v) is 5.37. The molecule has 0 saturated carbocycles. The van der Waals surface area contributed by atoms with Crippen LogP contribution < -0.4 is 4.74 Å². The largest absolute Gasteiger partial charge is 0.495 e. The van der Waals surface area contributed by atoms with Crippen molar-refractivity contribution >= 4 is 38.1 Å². The third kappa shape index (κ3) is 3.58. The van der Waals surface area contributed by atoms with Gasteiger partial charge in [-0.2, -0.15) is 0 Å². The fraction of sp³-hybridized carbons (Fsp3) is 0.588. The average Bonchev–Trinajstić information content (AvgIpc) is 2.96. The molecule has 1 fully saturated rings. The summed E-state index contributed by atoms with van der Waals surface area (Å²) < 4.78 is 34.1. The summed E-state index contributed by atoms with van der Waals surface area (Å²) in [6, 6.07) is 1.68. The van der Waals surface area contributed by atoms with E-state index in [4.69, 9.17) is 4.74 Å². The van der Waals surface area contributed by atoms with Crippen LogP contribution in [0.15, 0.2) is 23.4 Å². The van der Waals surface area contributed by atoms with Gasteiger partial charge < -0.3 is 9.64 Å². The van der Waals surface area contributed by atoms with Gasteiger partial charge in [0.2, 0.25) is 0 Å². The second kappa shape index (κ2) is 7.25. The molecule has 3 rings (SSSR count). The lowest BCUT2D eigenvalue weighted by Gasteiger charge is -2.37. The van der Waals surface area contributed by atoms with E-state index in [-0.39, 0.29) is 4.90 Å². The monoisotopic (exact) mass is 492 g/mol. The number of nitrogens with zero attached hydrogens (tertiary/aromatic N) is 4. The van der Waals surface area contributed by atoms with E-state index in [1.807, 2.05) is 0 Å². The Morgan fingerprint density at radius 1 is 1.27 bits per heavy atom. The second-order valence-electron chi connectivity index (χ2n) is 7.36. The van der Waals surface area contributed by atoms with Gasteiger partial charge in [0.05, 0.1) is 18.1 Å². The first-order valence-corrected chi connectivity index (χ1v) is 11.1. The number of imidazole rings is 1. The Labute approximate surface area is 168 Å². The average molecular weight is 492 g/mol. The lowest BCUT2D eigenvalue weighted by Crippen LogP contribution is -2.51. The third-order valence-corrected chi connectivity index (χ3v) is 8.23. The topological polar surface area (TPSA) is 67.2 Å². The van der Waals surface area contributed by atoms with Crippen molar-refractivity contribution in [2.24, 2.45) is 0 Å². The lowest BCUT2D eigenvalue weighted by molar-refractivity contribution is 0.145. The van der Waals surface area contributed by atoms with Crippen molar-refractivity contribution in [3.8, 4) is 5.75 Å². The number of rotatable bonds is 5. The molecule has 0 atom stereocenters. The first-order chi connectivity index (χ1) is 12.2. The van der Waals surface area contributed by atoms with E-state index in [2.05, 4.69) is 44.4 Å². The van der Waals surface area contributed by atoms with E-state index in [1.165, 1.54) is 7.11 Å². The molecule has 1 aliphatic rings. The van der Waals surface area contributed by atoms with Crippen molar-refractivity contribution in [1.29, 1.82) is 0 Å². The minimum atomic E-state index is -3.61. The molecule has 144 valence electrons. The number of piperazine rings is 1. The molecule has 9 heteroatoms. The third-order valence-electron chi connectivity index (χ3n) is 4.97. The lowest BCUT2D eigenvalue weighted by atomic mass is 10.2. The van der Waals surface area contributed by atoms with E-state index in [0.29, 0.717) is 17.9 Å².